The molecule has 10 rings (SSSR count). The molecule has 0 bridgehead atoms. The fourth-order valence-electron chi connectivity index (χ4n) is 7.61. The summed E-state index contributed by atoms with van der Waals surface area (Å²) in [4.78, 5) is 14.9. The smallest absolute Gasteiger partial charge is 0.167 e. The number of furan rings is 1. The van der Waals surface area contributed by atoms with Crippen LogP contribution in [0.1, 0.15) is 0 Å². The Kier molecular flexibility index (Phi) is 7.70. The van der Waals surface area contributed by atoms with Crippen LogP contribution in [0.5, 0.6) is 0 Å². The van der Waals surface area contributed by atoms with Gasteiger partial charge in [0.25, 0.3) is 0 Å². The molecule has 10 radical (unpaired) electrons. The van der Waals surface area contributed by atoms with Crippen LogP contribution in [0.25, 0.3) is 94.7 Å². The Morgan fingerprint density at radius 1 is 0.382 bits per heavy atom. The molecule has 0 amide bonds. The molecule has 7 aromatic carbocycles. The van der Waals surface area contributed by atoms with E-state index in [0.717, 1.165) is 66.0 Å². The molecule has 0 aliphatic heterocycles. The maximum atomic E-state index is 6.88. The second-order valence-electron chi connectivity index (χ2n) is 13.5. The first-order chi connectivity index (χ1) is 26.9. The van der Waals surface area contributed by atoms with Crippen LogP contribution in [0.15, 0.2) is 144 Å². The molecular weight excluding hydrogens is 667 g/mol. The van der Waals surface area contributed by atoms with Crippen molar-refractivity contribution in [3.63, 3.8) is 0 Å². The predicted octanol–water partition coefficient (Wildman–Crippen LogP) is 5.51. The van der Waals surface area contributed by atoms with Gasteiger partial charge in [0.15, 0.2) is 17.5 Å². The van der Waals surface area contributed by atoms with E-state index < -0.39 is 0 Å². The highest BCUT2D eigenvalue weighted by Gasteiger charge is 2.22. The van der Waals surface area contributed by atoms with Crippen molar-refractivity contribution in [2.45, 2.75) is 0 Å². The molecule has 3 aromatic heterocycles. The maximum Gasteiger partial charge on any atom is 0.167 e. The Bertz CT molecular complexity index is 3070. The monoisotopic (exact) mass is 690 g/mol. The molecule has 55 heavy (non-hydrogen) atoms. The first kappa shape index (κ1) is 33.1. The Hall–Kier alpha value is -6.53. The van der Waals surface area contributed by atoms with Crippen LogP contribution in [0.2, 0.25) is 0 Å². The second-order valence-corrected chi connectivity index (χ2v) is 13.5. The van der Waals surface area contributed by atoms with Gasteiger partial charge < -0.3 is 8.98 Å². The Morgan fingerprint density at radius 2 is 0.873 bits per heavy atom. The van der Waals surface area contributed by atoms with Gasteiger partial charge in [-0.3, -0.25) is 0 Å². The van der Waals surface area contributed by atoms with Gasteiger partial charge in [-0.1, -0.05) is 126 Å². The fourth-order valence-corrected chi connectivity index (χ4v) is 7.61. The van der Waals surface area contributed by atoms with Gasteiger partial charge in [0.05, 0.1) is 16.6 Å². The largest absolute Gasteiger partial charge is 0.455 e. The molecule has 3 heterocycles. The SMILES string of the molecule is [B]c1c([B])c([B])c(-n2c3ccccc3c3cc(-c4cccc5c4oc4c(-c6nc(-c7ccccc7)nc(-c7ccccc7)n6)cccc45)ccc32)c([B])c1[B]. The molecule has 0 saturated heterocycles. The van der Waals surface area contributed by atoms with Crippen molar-refractivity contribution >= 4 is 110 Å². The van der Waals surface area contributed by atoms with E-state index in [2.05, 4.69) is 48.5 Å². The number of nitrogens with zero attached hydrogens (tertiary/aromatic N) is 4. The maximum absolute atomic E-state index is 6.88. The zero-order valence-electron chi connectivity index (χ0n) is 29.4. The fraction of sp³-hybridized carbons (Fsp3) is 0. The molecule has 0 aliphatic rings. The van der Waals surface area contributed by atoms with E-state index in [0.29, 0.717) is 28.7 Å². The summed E-state index contributed by atoms with van der Waals surface area (Å²) in [6.07, 6.45) is 0. The summed E-state index contributed by atoms with van der Waals surface area (Å²) in [5.74, 6) is 1.69. The van der Waals surface area contributed by atoms with E-state index in [4.69, 9.17) is 58.6 Å². The number of hydrogen-bond acceptors (Lipinski definition) is 4. The van der Waals surface area contributed by atoms with Gasteiger partial charge in [0.2, 0.25) is 0 Å². The van der Waals surface area contributed by atoms with Crippen LogP contribution >= 0.6 is 0 Å². The molecule has 0 N–H and O–H groups in total. The summed E-state index contributed by atoms with van der Waals surface area (Å²) < 4.78 is 8.88. The van der Waals surface area contributed by atoms with Crippen molar-refractivity contribution in [2.24, 2.45) is 0 Å². The molecule has 0 spiro atoms. The first-order valence-electron chi connectivity index (χ1n) is 17.7. The lowest BCUT2D eigenvalue weighted by Crippen LogP contribution is -2.56. The highest BCUT2D eigenvalue weighted by molar-refractivity contribution is 6.68. The van der Waals surface area contributed by atoms with Crippen molar-refractivity contribution in [2.75, 3.05) is 0 Å². The van der Waals surface area contributed by atoms with Gasteiger partial charge >= 0.3 is 0 Å². The van der Waals surface area contributed by atoms with Crippen molar-refractivity contribution < 1.29 is 4.42 Å². The van der Waals surface area contributed by atoms with Crippen LogP contribution in [-0.2, 0) is 0 Å². The molecular formula is C45H23B5N4O. The van der Waals surface area contributed by atoms with E-state index in [1.807, 2.05) is 95.6 Å². The minimum absolute atomic E-state index is 0.174. The van der Waals surface area contributed by atoms with Gasteiger partial charge in [-0.05, 0) is 29.8 Å². The second kappa shape index (κ2) is 12.8. The minimum atomic E-state index is 0.174. The van der Waals surface area contributed by atoms with Crippen LogP contribution < -0.4 is 27.3 Å². The molecule has 0 unspecified atom stereocenters. The lowest BCUT2D eigenvalue weighted by molar-refractivity contribution is 0.670. The lowest BCUT2D eigenvalue weighted by atomic mass is 9.61. The van der Waals surface area contributed by atoms with Gasteiger partial charge in [-0.15, -0.1) is 16.4 Å². The standard InChI is InChI=1S/C45H23B5N4O/c46-35-36(47)38(49)40(39(50)37(35)48)54-33-20-8-7-15-28(33)32-23-26(21-22-34(32)54)27-16-9-17-29-30-18-10-19-31(42(30)55-41(27)29)45-52-43(24-11-3-1-4-12-24)51-44(53-45)25-13-5-2-6-14-25/h1-23H. The molecule has 10 heteroatoms. The topological polar surface area (TPSA) is 56.7 Å². The van der Waals surface area contributed by atoms with Crippen molar-refractivity contribution in [1.82, 2.24) is 19.5 Å². The third-order valence-corrected chi connectivity index (χ3v) is 10.3. The Morgan fingerprint density at radius 3 is 1.51 bits per heavy atom. The number of benzene rings is 7. The number of hydrogen-bond donors (Lipinski definition) is 0. The predicted molar refractivity (Wildman–Crippen MR) is 230 cm³/mol. The van der Waals surface area contributed by atoms with Crippen molar-refractivity contribution in [1.29, 1.82) is 0 Å². The van der Waals surface area contributed by atoms with Gasteiger partial charge in [0.1, 0.15) is 50.4 Å². The van der Waals surface area contributed by atoms with E-state index >= 15 is 0 Å². The zero-order valence-corrected chi connectivity index (χ0v) is 29.4. The number of fused-ring (bicyclic) bond motifs is 6. The summed E-state index contributed by atoms with van der Waals surface area (Å²) in [6, 6.07) is 46.5. The van der Waals surface area contributed by atoms with Gasteiger partial charge in [-0.25, -0.2) is 15.0 Å². The number of para-hydroxylation sites is 3. The summed E-state index contributed by atoms with van der Waals surface area (Å²) in [5.41, 5.74) is 9.29. The summed E-state index contributed by atoms with van der Waals surface area (Å²) in [5, 5.41) is 3.93. The molecule has 0 aliphatic carbocycles. The Balaban J connectivity index is 1.17. The number of aromatic nitrogens is 4. The van der Waals surface area contributed by atoms with E-state index in [1.54, 1.807) is 0 Å². The lowest BCUT2D eigenvalue weighted by Gasteiger charge is -2.23. The molecule has 10 aromatic rings. The number of rotatable bonds is 5. The van der Waals surface area contributed by atoms with Gasteiger partial charge in [-0.2, -0.15) is 0 Å². The van der Waals surface area contributed by atoms with Crippen LogP contribution in [0.4, 0.5) is 0 Å². The quantitative estimate of drug-likeness (QED) is 0.224. The average Bonchev–Trinajstić information content (AvgIpc) is 3.78. The summed E-state index contributed by atoms with van der Waals surface area (Å²) >= 11 is 0. The van der Waals surface area contributed by atoms with Crippen LogP contribution in [0.3, 0.4) is 0 Å². The molecule has 5 nitrogen and oxygen atoms in total. The Labute approximate surface area is 323 Å². The molecule has 244 valence electrons. The average molecular weight is 690 g/mol. The molecule has 0 atom stereocenters. The molecule has 0 saturated carbocycles. The third-order valence-electron chi connectivity index (χ3n) is 10.3. The summed E-state index contributed by atoms with van der Waals surface area (Å²) in [7, 11) is 32.0. The van der Waals surface area contributed by atoms with Crippen molar-refractivity contribution in [3.05, 3.63) is 140 Å². The van der Waals surface area contributed by atoms with E-state index in [-0.39, 0.29) is 27.3 Å². The van der Waals surface area contributed by atoms with Crippen LogP contribution in [-0.4, -0.2) is 58.8 Å². The first-order valence-corrected chi connectivity index (χ1v) is 17.7. The van der Waals surface area contributed by atoms with Gasteiger partial charge in [0, 0.05) is 43.9 Å². The van der Waals surface area contributed by atoms with E-state index in [1.165, 1.54) is 0 Å². The van der Waals surface area contributed by atoms with Crippen LogP contribution in [0, 0.1) is 0 Å². The molecule has 0 fully saturated rings. The highest BCUT2D eigenvalue weighted by Crippen LogP contribution is 2.41. The van der Waals surface area contributed by atoms with E-state index in [9.17, 15) is 0 Å². The van der Waals surface area contributed by atoms with Crippen molar-refractivity contribution in [3.8, 4) is 51.0 Å². The zero-order chi connectivity index (χ0) is 37.4. The third kappa shape index (κ3) is 5.19. The highest BCUT2D eigenvalue weighted by atomic mass is 16.3. The minimum Gasteiger partial charge on any atom is -0.455 e. The normalized spacial score (nSPS) is 11.6. The summed E-state index contributed by atoms with van der Waals surface area (Å²) in [6.45, 7) is 0.